The summed E-state index contributed by atoms with van der Waals surface area (Å²) in [7, 11) is 0. The number of hydrogen-bond donors (Lipinski definition) is 1. The van der Waals surface area contributed by atoms with E-state index >= 15 is 4.39 Å². The molecule has 0 aliphatic carbocycles. The van der Waals surface area contributed by atoms with E-state index in [9.17, 15) is 9.59 Å². The van der Waals surface area contributed by atoms with Crippen molar-refractivity contribution in [1.29, 1.82) is 0 Å². The number of carbonyl (C=O) groups is 2. The number of nitrogens with zero attached hydrogens (tertiary/aromatic N) is 4. The van der Waals surface area contributed by atoms with Crippen LogP contribution < -0.4 is 10.2 Å². The molecule has 0 radical (unpaired) electrons. The number of likely N-dealkylation sites (tertiary alicyclic amines) is 1. The molecule has 0 saturated carbocycles. The molecule has 2 aromatic carbocycles. The Morgan fingerprint density at radius 3 is 2.54 bits per heavy atom. The Bertz CT molecular complexity index is 1300. The second kappa shape index (κ2) is 13.2. The maximum atomic E-state index is 15.0. The lowest BCUT2D eigenvalue weighted by Gasteiger charge is -2.30. The summed E-state index contributed by atoms with van der Waals surface area (Å²) in [5, 5.41) is 12.9. The highest BCUT2D eigenvalue weighted by Gasteiger charge is 2.36. The molecule has 1 aromatic heterocycles. The summed E-state index contributed by atoms with van der Waals surface area (Å²) in [6.45, 7) is 5.14. The average molecular weight is 593 g/mol. The quantitative estimate of drug-likeness (QED) is 0.360. The van der Waals surface area contributed by atoms with Crippen molar-refractivity contribution in [3.63, 3.8) is 0 Å². The molecule has 7 nitrogen and oxygen atoms in total. The Labute approximate surface area is 243 Å². The smallest absolute Gasteiger partial charge is 0.231 e. The summed E-state index contributed by atoms with van der Waals surface area (Å²) in [5.41, 5.74) is 2.26. The van der Waals surface area contributed by atoms with Gasteiger partial charge in [0.05, 0.1) is 11.6 Å². The normalized spacial score (nSPS) is 18.3. The maximum absolute atomic E-state index is 15.0. The van der Waals surface area contributed by atoms with E-state index < -0.39 is 11.7 Å². The van der Waals surface area contributed by atoms with Gasteiger partial charge in [0.2, 0.25) is 16.9 Å². The minimum atomic E-state index is -0.585. The summed E-state index contributed by atoms with van der Waals surface area (Å²) in [5.74, 6) is -0.846. The summed E-state index contributed by atoms with van der Waals surface area (Å²) >= 11 is 7.25. The number of carbonyl (C=O) groups excluding carboxylic acids is 2. The third kappa shape index (κ3) is 7.54. The van der Waals surface area contributed by atoms with E-state index in [2.05, 4.69) is 27.3 Å². The molecule has 208 valence electrons. The van der Waals surface area contributed by atoms with E-state index in [0.717, 1.165) is 54.4 Å². The van der Waals surface area contributed by atoms with Crippen LogP contribution in [0.4, 0.5) is 15.2 Å². The molecule has 2 aliphatic heterocycles. The number of anilines is 2. The number of rotatable bonds is 8. The lowest BCUT2D eigenvalue weighted by Crippen LogP contribution is -2.32. The van der Waals surface area contributed by atoms with E-state index in [1.54, 1.807) is 6.07 Å². The summed E-state index contributed by atoms with van der Waals surface area (Å²) in [6.07, 6.45) is 3.83. The first-order valence-corrected chi connectivity index (χ1v) is 14.2. The van der Waals surface area contributed by atoms with Crippen molar-refractivity contribution in [2.45, 2.75) is 45.6 Å². The first-order chi connectivity index (χ1) is 18.3. The van der Waals surface area contributed by atoms with Gasteiger partial charge < -0.3 is 10.2 Å². The van der Waals surface area contributed by atoms with Crippen molar-refractivity contribution in [2.24, 2.45) is 11.8 Å². The van der Waals surface area contributed by atoms with E-state index in [4.69, 9.17) is 11.6 Å². The van der Waals surface area contributed by atoms with Gasteiger partial charge >= 0.3 is 0 Å². The molecule has 11 heteroatoms. The van der Waals surface area contributed by atoms with Crippen LogP contribution in [0.1, 0.15) is 42.3 Å². The van der Waals surface area contributed by atoms with Gasteiger partial charge in [0, 0.05) is 31.0 Å². The van der Waals surface area contributed by atoms with Crippen molar-refractivity contribution < 1.29 is 14.0 Å². The molecule has 5 rings (SSSR count). The Balaban J connectivity index is 0.00000353. The largest absolute Gasteiger partial charge is 0.309 e. The first kappa shape index (κ1) is 29.4. The van der Waals surface area contributed by atoms with Gasteiger partial charge in [-0.1, -0.05) is 48.1 Å². The average Bonchev–Trinajstić information content (AvgIpc) is 3.51. The van der Waals surface area contributed by atoms with Crippen LogP contribution in [0.5, 0.6) is 0 Å². The molecule has 3 aromatic rings. The number of hydrogen-bond acceptors (Lipinski definition) is 6. The fourth-order valence-electron chi connectivity index (χ4n) is 4.98. The van der Waals surface area contributed by atoms with Crippen molar-refractivity contribution in [1.82, 2.24) is 15.1 Å². The molecular weight excluding hydrogens is 560 g/mol. The van der Waals surface area contributed by atoms with Crippen LogP contribution in [0.3, 0.4) is 0 Å². The number of aryl methyl sites for hydroxylation is 2. The Morgan fingerprint density at radius 2 is 1.82 bits per heavy atom. The van der Waals surface area contributed by atoms with Crippen LogP contribution >= 0.6 is 35.3 Å². The second-order valence-corrected chi connectivity index (χ2v) is 11.8. The van der Waals surface area contributed by atoms with E-state index in [-0.39, 0.29) is 42.9 Å². The van der Waals surface area contributed by atoms with Crippen LogP contribution in [-0.4, -0.2) is 46.5 Å². The predicted octanol–water partition coefficient (Wildman–Crippen LogP) is 5.76. The fourth-order valence-corrected chi connectivity index (χ4v) is 5.85. The SMILES string of the molecule is CC1CCN(Cc2ccc(N3CC(C(=O)Nc4nnc(CCc5ccc(Cl)cc5)s4)CC3=O)c(F)c2)CC1.Cl. The molecule has 2 saturated heterocycles. The Kier molecular flexibility index (Phi) is 9.93. The number of amides is 2. The molecule has 3 heterocycles. The molecule has 2 fully saturated rings. The summed E-state index contributed by atoms with van der Waals surface area (Å²) in [6, 6.07) is 12.7. The van der Waals surface area contributed by atoms with Gasteiger partial charge in [0.25, 0.3) is 0 Å². The number of aromatic nitrogens is 2. The van der Waals surface area contributed by atoms with Gasteiger partial charge in [-0.25, -0.2) is 4.39 Å². The van der Waals surface area contributed by atoms with E-state index in [1.165, 1.54) is 22.3 Å². The Hall–Kier alpha value is -2.59. The highest BCUT2D eigenvalue weighted by molar-refractivity contribution is 7.15. The zero-order valence-corrected chi connectivity index (χ0v) is 24.1. The Morgan fingerprint density at radius 1 is 1.10 bits per heavy atom. The van der Waals surface area contributed by atoms with Gasteiger partial charge in [-0.3, -0.25) is 14.5 Å². The fraction of sp³-hybridized carbons (Fsp3) is 0.429. The lowest BCUT2D eigenvalue weighted by atomic mass is 9.99. The predicted molar refractivity (Wildman–Crippen MR) is 155 cm³/mol. The van der Waals surface area contributed by atoms with Crippen LogP contribution in [0.25, 0.3) is 0 Å². The minimum absolute atomic E-state index is 0. The number of benzene rings is 2. The molecule has 2 amide bonds. The summed E-state index contributed by atoms with van der Waals surface area (Å²) in [4.78, 5) is 29.3. The van der Waals surface area contributed by atoms with E-state index in [1.807, 2.05) is 30.3 Å². The summed E-state index contributed by atoms with van der Waals surface area (Å²) < 4.78 is 15.0. The monoisotopic (exact) mass is 591 g/mol. The maximum Gasteiger partial charge on any atom is 0.231 e. The molecule has 1 N–H and O–H groups in total. The molecular formula is C28H32Cl2FN5O2S. The van der Waals surface area contributed by atoms with Gasteiger partial charge in [-0.15, -0.1) is 22.6 Å². The van der Waals surface area contributed by atoms with Crippen LogP contribution in [0.15, 0.2) is 42.5 Å². The second-order valence-electron chi connectivity index (χ2n) is 10.3. The first-order valence-electron chi connectivity index (χ1n) is 13.0. The molecule has 1 atom stereocenters. The van der Waals surface area contributed by atoms with Crippen molar-refractivity contribution in [3.8, 4) is 0 Å². The molecule has 0 spiro atoms. The topological polar surface area (TPSA) is 78.4 Å². The molecule has 1 unspecified atom stereocenters. The van der Waals surface area contributed by atoms with Crippen LogP contribution in [0.2, 0.25) is 5.02 Å². The van der Waals surface area contributed by atoms with Gasteiger partial charge in [-0.2, -0.15) is 0 Å². The standard InChI is InChI=1S/C28H31ClFN5O2S.ClH/c1-18-10-12-34(13-11-18)16-20-4-8-24(23(30)14-20)35-17-21(15-26(35)36)27(37)31-28-33-32-25(38-28)9-5-19-2-6-22(29)7-3-19;/h2-4,6-8,14,18,21H,5,9-13,15-17H2,1H3,(H,31,33,37);1H. The zero-order chi connectivity index (χ0) is 26.6. The molecule has 2 aliphatic rings. The van der Waals surface area contributed by atoms with Crippen LogP contribution in [-0.2, 0) is 29.0 Å². The minimum Gasteiger partial charge on any atom is -0.309 e. The number of piperidine rings is 1. The highest BCUT2D eigenvalue weighted by Crippen LogP contribution is 2.30. The molecule has 0 bridgehead atoms. The van der Waals surface area contributed by atoms with Crippen molar-refractivity contribution in [2.75, 3.05) is 29.9 Å². The third-order valence-corrected chi connectivity index (χ3v) is 8.47. The van der Waals surface area contributed by atoms with Crippen LogP contribution in [0, 0.1) is 17.7 Å². The number of halogens is 3. The third-order valence-electron chi connectivity index (χ3n) is 7.32. The molecule has 39 heavy (non-hydrogen) atoms. The van der Waals surface area contributed by atoms with Crippen molar-refractivity contribution in [3.05, 3.63) is 69.4 Å². The van der Waals surface area contributed by atoms with Gasteiger partial charge in [0.15, 0.2) is 0 Å². The van der Waals surface area contributed by atoms with Gasteiger partial charge in [-0.05, 0) is 73.7 Å². The van der Waals surface area contributed by atoms with Crippen molar-refractivity contribution >= 4 is 58.0 Å². The lowest BCUT2D eigenvalue weighted by molar-refractivity contribution is -0.122. The van der Waals surface area contributed by atoms with Gasteiger partial charge in [0.1, 0.15) is 10.8 Å². The zero-order valence-electron chi connectivity index (χ0n) is 21.7. The highest BCUT2D eigenvalue weighted by atomic mass is 35.5. The van der Waals surface area contributed by atoms with E-state index in [0.29, 0.717) is 23.1 Å². The number of nitrogens with one attached hydrogen (secondary N) is 1.